The zero-order valence-corrected chi connectivity index (χ0v) is 18.5. The number of aliphatic hydroxyl groups excluding tert-OH is 1. The van der Waals surface area contributed by atoms with E-state index in [2.05, 4.69) is 40.2 Å². The van der Waals surface area contributed by atoms with Crippen LogP contribution in [0.2, 0.25) is 0 Å². The second-order valence-corrected chi connectivity index (χ2v) is 8.65. The van der Waals surface area contributed by atoms with Gasteiger partial charge in [0, 0.05) is 43.7 Å². The number of pyridine rings is 1. The van der Waals surface area contributed by atoms with E-state index in [1.165, 1.54) is 16.7 Å². The van der Waals surface area contributed by atoms with Crippen LogP contribution < -0.4 is 0 Å². The summed E-state index contributed by atoms with van der Waals surface area (Å²) in [5.74, 6) is 0.178. The van der Waals surface area contributed by atoms with Gasteiger partial charge in [0.1, 0.15) is 0 Å². The first-order valence-corrected chi connectivity index (χ1v) is 11.2. The van der Waals surface area contributed by atoms with Crippen LogP contribution in [0.5, 0.6) is 0 Å². The van der Waals surface area contributed by atoms with Crippen LogP contribution in [0, 0.1) is 5.92 Å². The van der Waals surface area contributed by atoms with Crippen molar-refractivity contribution in [1.82, 2.24) is 14.8 Å². The zero-order valence-electron chi connectivity index (χ0n) is 18.5. The number of hydrogen-bond acceptors (Lipinski definition) is 5. The Morgan fingerprint density at radius 2 is 1.79 bits per heavy atom. The number of carbonyl (C=O) groups is 2. The summed E-state index contributed by atoms with van der Waals surface area (Å²) < 4.78 is 0. The molecule has 0 radical (unpaired) electrons. The van der Waals surface area contributed by atoms with Crippen molar-refractivity contribution in [2.75, 3.05) is 26.2 Å². The predicted molar refractivity (Wildman–Crippen MR) is 126 cm³/mol. The maximum absolute atomic E-state index is 12.9. The Bertz CT molecular complexity index is 1110. The van der Waals surface area contributed by atoms with Crippen molar-refractivity contribution in [2.24, 2.45) is 5.92 Å². The lowest BCUT2D eigenvalue weighted by Crippen LogP contribution is -2.41. The first-order chi connectivity index (χ1) is 16.1. The van der Waals surface area contributed by atoms with Crippen LogP contribution in [0.3, 0.4) is 0 Å². The summed E-state index contributed by atoms with van der Waals surface area (Å²) >= 11 is 0. The summed E-state index contributed by atoms with van der Waals surface area (Å²) in [5, 5.41) is 18.7. The maximum Gasteiger partial charge on any atom is 0.290 e. The molecule has 7 nitrogen and oxygen atoms in total. The van der Waals surface area contributed by atoms with E-state index in [-0.39, 0.29) is 18.3 Å². The van der Waals surface area contributed by atoms with Crippen molar-refractivity contribution >= 4 is 23.3 Å². The smallest absolute Gasteiger partial charge is 0.290 e. The number of rotatable bonds is 4. The van der Waals surface area contributed by atoms with E-state index in [0.29, 0.717) is 19.6 Å². The quantitative estimate of drug-likeness (QED) is 0.597. The molecule has 3 heterocycles. The van der Waals surface area contributed by atoms with Gasteiger partial charge in [-0.05, 0) is 41.7 Å². The molecule has 0 saturated carbocycles. The number of hydrogen-bond donors (Lipinski definition) is 2. The topological polar surface area (TPSA) is 94.0 Å². The molecule has 2 atom stereocenters. The molecule has 1 fully saturated rings. The third-order valence-corrected chi connectivity index (χ3v) is 6.55. The average Bonchev–Trinajstić information content (AvgIpc) is 3.20. The van der Waals surface area contributed by atoms with Gasteiger partial charge in [0.2, 0.25) is 5.91 Å². The Hall–Kier alpha value is -3.29. The number of carboxylic acid groups (broad SMARTS) is 1. The third kappa shape index (κ3) is 5.38. The van der Waals surface area contributed by atoms with Gasteiger partial charge in [-0.15, -0.1) is 0 Å². The zero-order chi connectivity index (χ0) is 23.2. The number of benzene rings is 2. The van der Waals surface area contributed by atoms with Crippen molar-refractivity contribution < 1.29 is 19.8 Å². The standard InChI is InChI=1S/C25H27N3O2.CH2O2/c29-24-16-28(25(30)17-27-12-10-18-5-1-2-6-20(18)14-27)15-21(24)13-19-9-11-26-23-8-4-3-7-22(19)23;2-1-3/h1-9,11,21,24,29H,10,12-17H2;1H,(H,2,3)/t21-,24-;/m1./s1. The fourth-order valence-corrected chi connectivity index (χ4v) is 4.85. The van der Waals surface area contributed by atoms with Crippen LogP contribution in [0.1, 0.15) is 16.7 Å². The van der Waals surface area contributed by atoms with E-state index < -0.39 is 6.10 Å². The minimum absolute atomic E-state index is 0.0573. The summed E-state index contributed by atoms with van der Waals surface area (Å²) in [6, 6.07) is 18.6. The van der Waals surface area contributed by atoms with E-state index >= 15 is 0 Å². The molecule has 1 amide bonds. The molecule has 2 aromatic carbocycles. The van der Waals surface area contributed by atoms with Gasteiger partial charge < -0.3 is 15.1 Å². The first kappa shape index (κ1) is 22.9. The molecule has 1 aromatic heterocycles. The predicted octanol–water partition coefficient (Wildman–Crippen LogP) is 2.36. The van der Waals surface area contributed by atoms with E-state index in [9.17, 15) is 9.90 Å². The lowest BCUT2D eigenvalue weighted by molar-refractivity contribution is -0.132. The molecule has 2 N–H and O–H groups in total. The summed E-state index contributed by atoms with van der Waals surface area (Å²) in [6.45, 7) is 2.94. The lowest BCUT2D eigenvalue weighted by Gasteiger charge is -2.29. The van der Waals surface area contributed by atoms with Crippen LogP contribution in [-0.4, -0.2) is 69.7 Å². The number of carbonyl (C=O) groups excluding carboxylic acids is 1. The number of amides is 1. The van der Waals surface area contributed by atoms with Crippen LogP contribution in [0.4, 0.5) is 0 Å². The Morgan fingerprint density at radius 1 is 1.06 bits per heavy atom. The molecule has 33 heavy (non-hydrogen) atoms. The molecule has 5 rings (SSSR count). The second kappa shape index (κ2) is 10.6. The molecule has 7 heteroatoms. The number of nitrogens with zero attached hydrogens (tertiary/aromatic N) is 3. The van der Waals surface area contributed by atoms with Crippen molar-refractivity contribution in [3.63, 3.8) is 0 Å². The van der Waals surface area contributed by atoms with Crippen molar-refractivity contribution in [1.29, 1.82) is 0 Å². The Kier molecular flexibility index (Phi) is 7.32. The van der Waals surface area contributed by atoms with Gasteiger partial charge in [-0.2, -0.15) is 0 Å². The summed E-state index contributed by atoms with van der Waals surface area (Å²) in [5.41, 5.74) is 4.87. The second-order valence-electron chi connectivity index (χ2n) is 8.65. The number of para-hydroxylation sites is 1. The van der Waals surface area contributed by atoms with E-state index in [0.717, 1.165) is 36.8 Å². The molecule has 2 aliphatic rings. The number of aromatic nitrogens is 1. The largest absolute Gasteiger partial charge is 0.483 e. The van der Waals surface area contributed by atoms with Crippen molar-refractivity contribution in [3.8, 4) is 0 Å². The van der Waals surface area contributed by atoms with Gasteiger partial charge in [-0.25, -0.2) is 0 Å². The summed E-state index contributed by atoms with van der Waals surface area (Å²) in [7, 11) is 0. The molecule has 0 aliphatic carbocycles. The van der Waals surface area contributed by atoms with Crippen LogP contribution >= 0.6 is 0 Å². The van der Waals surface area contributed by atoms with Gasteiger partial charge in [0.25, 0.3) is 6.47 Å². The highest BCUT2D eigenvalue weighted by atomic mass is 16.3. The van der Waals surface area contributed by atoms with Crippen LogP contribution in [0.25, 0.3) is 10.9 Å². The van der Waals surface area contributed by atoms with E-state index in [4.69, 9.17) is 9.90 Å². The molecule has 0 unspecified atom stereocenters. The van der Waals surface area contributed by atoms with E-state index in [1.807, 2.05) is 35.4 Å². The van der Waals surface area contributed by atoms with Gasteiger partial charge in [0.05, 0.1) is 18.2 Å². The highest BCUT2D eigenvalue weighted by Crippen LogP contribution is 2.26. The number of fused-ring (bicyclic) bond motifs is 2. The van der Waals surface area contributed by atoms with Crippen LogP contribution in [0.15, 0.2) is 60.8 Å². The molecule has 0 bridgehead atoms. The van der Waals surface area contributed by atoms with Crippen molar-refractivity contribution in [3.05, 3.63) is 77.5 Å². The summed E-state index contributed by atoms with van der Waals surface area (Å²) in [4.78, 5) is 29.8. The minimum Gasteiger partial charge on any atom is -0.483 e. The minimum atomic E-state index is -0.483. The van der Waals surface area contributed by atoms with E-state index in [1.54, 1.807) is 0 Å². The lowest BCUT2D eigenvalue weighted by atomic mass is 9.94. The molecule has 1 saturated heterocycles. The van der Waals surface area contributed by atoms with Crippen molar-refractivity contribution in [2.45, 2.75) is 25.5 Å². The molecule has 3 aromatic rings. The molecule has 0 spiro atoms. The van der Waals surface area contributed by atoms with Gasteiger partial charge in [-0.1, -0.05) is 42.5 Å². The number of aliphatic hydroxyl groups is 1. The third-order valence-electron chi connectivity index (χ3n) is 6.55. The first-order valence-electron chi connectivity index (χ1n) is 11.2. The maximum atomic E-state index is 12.9. The molecular formula is C26H29N3O4. The fourth-order valence-electron chi connectivity index (χ4n) is 4.85. The normalized spacial score (nSPS) is 20.1. The molecule has 2 aliphatic heterocycles. The summed E-state index contributed by atoms with van der Waals surface area (Å²) in [6.07, 6.45) is 3.09. The van der Waals surface area contributed by atoms with Crippen LogP contribution in [-0.2, 0) is 29.0 Å². The highest BCUT2D eigenvalue weighted by Gasteiger charge is 2.34. The monoisotopic (exact) mass is 447 g/mol. The molecular weight excluding hydrogens is 418 g/mol. The Balaban J connectivity index is 0.000000821. The average molecular weight is 448 g/mol. The molecule has 172 valence electrons. The number of likely N-dealkylation sites (tertiary alicyclic amines) is 1. The van der Waals surface area contributed by atoms with Gasteiger partial charge in [-0.3, -0.25) is 19.5 Å². The Morgan fingerprint density at radius 3 is 2.61 bits per heavy atom. The number of β-amino-alcohol motifs (C(OH)–C–C–N with tert-alkyl or cyclic N) is 1. The van der Waals surface area contributed by atoms with Gasteiger partial charge in [0.15, 0.2) is 0 Å². The SMILES string of the molecule is O=C(CN1CCc2ccccc2C1)N1C[C@@H](Cc2ccnc3ccccc23)[C@H](O)C1.O=CO. The Labute approximate surface area is 193 Å². The highest BCUT2D eigenvalue weighted by molar-refractivity contribution is 5.82. The fraction of sp³-hybridized carbons (Fsp3) is 0.346. The van der Waals surface area contributed by atoms with Gasteiger partial charge >= 0.3 is 0 Å².